The van der Waals surface area contributed by atoms with Gasteiger partial charge in [0.1, 0.15) is 0 Å². The smallest absolute Gasteiger partial charge is 0.0729 e. The Labute approximate surface area is 79.9 Å². The molecular weight excluding hydrogens is 251 g/mol. The van der Waals surface area contributed by atoms with E-state index >= 15 is 0 Å². The predicted molar refractivity (Wildman–Crippen MR) is 52.5 cm³/mol. The van der Waals surface area contributed by atoms with E-state index in [2.05, 4.69) is 40.8 Å². The molecular formula is C9H9IO. The highest BCUT2D eigenvalue weighted by Crippen LogP contribution is 2.21. The SMILES string of the molecule is Ic1cccc2c1COCC2. The van der Waals surface area contributed by atoms with Gasteiger partial charge in [-0.25, -0.2) is 0 Å². The van der Waals surface area contributed by atoms with Gasteiger partial charge in [0.05, 0.1) is 13.2 Å². The summed E-state index contributed by atoms with van der Waals surface area (Å²) in [5.41, 5.74) is 2.85. The van der Waals surface area contributed by atoms with Gasteiger partial charge in [-0.05, 0) is 46.2 Å². The normalized spacial score (nSPS) is 16.1. The molecule has 2 heteroatoms. The first kappa shape index (κ1) is 7.55. The third kappa shape index (κ3) is 1.42. The van der Waals surface area contributed by atoms with E-state index in [-0.39, 0.29) is 0 Å². The topological polar surface area (TPSA) is 9.23 Å². The van der Waals surface area contributed by atoms with Gasteiger partial charge < -0.3 is 4.74 Å². The number of rotatable bonds is 0. The second-order valence-electron chi connectivity index (χ2n) is 2.68. The average Bonchev–Trinajstić information content (AvgIpc) is 2.06. The summed E-state index contributed by atoms with van der Waals surface area (Å²) in [6.45, 7) is 1.68. The lowest BCUT2D eigenvalue weighted by Crippen LogP contribution is -2.10. The summed E-state index contributed by atoms with van der Waals surface area (Å²) in [6.07, 6.45) is 1.08. The van der Waals surface area contributed by atoms with Crippen molar-refractivity contribution in [2.24, 2.45) is 0 Å². The van der Waals surface area contributed by atoms with Gasteiger partial charge in [-0.3, -0.25) is 0 Å². The Morgan fingerprint density at radius 2 is 2.27 bits per heavy atom. The molecule has 1 heterocycles. The van der Waals surface area contributed by atoms with Crippen LogP contribution < -0.4 is 0 Å². The van der Waals surface area contributed by atoms with E-state index in [0.29, 0.717) is 0 Å². The van der Waals surface area contributed by atoms with Crippen LogP contribution in [-0.4, -0.2) is 6.61 Å². The molecule has 0 aromatic heterocycles. The van der Waals surface area contributed by atoms with E-state index in [4.69, 9.17) is 4.74 Å². The van der Waals surface area contributed by atoms with Gasteiger partial charge >= 0.3 is 0 Å². The van der Waals surface area contributed by atoms with Gasteiger partial charge in [-0.1, -0.05) is 12.1 Å². The van der Waals surface area contributed by atoms with Crippen molar-refractivity contribution in [3.8, 4) is 0 Å². The molecule has 1 aliphatic heterocycles. The van der Waals surface area contributed by atoms with Crippen molar-refractivity contribution in [2.45, 2.75) is 13.0 Å². The molecule has 0 fully saturated rings. The molecule has 0 atom stereocenters. The Balaban J connectivity index is 2.49. The summed E-state index contributed by atoms with van der Waals surface area (Å²) >= 11 is 2.36. The number of fused-ring (bicyclic) bond motifs is 1. The fraction of sp³-hybridized carbons (Fsp3) is 0.333. The second-order valence-corrected chi connectivity index (χ2v) is 3.84. The first-order valence-electron chi connectivity index (χ1n) is 3.72. The Kier molecular flexibility index (Phi) is 2.13. The second kappa shape index (κ2) is 3.11. The minimum absolute atomic E-state index is 0.800. The van der Waals surface area contributed by atoms with Crippen LogP contribution in [-0.2, 0) is 17.8 Å². The summed E-state index contributed by atoms with van der Waals surface area (Å²) in [6, 6.07) is 6.44. The van der Waals surface area contributed by atoms with Crippen LogP contribution in [0.5, 0.6) is 0 Å². The maximum atomic E-state index is 5.37. The zero-order chi connectivity index (χ0) is 7.68. The molecule has 0 spiro atoms. The van der Waals surface area contributed by atoms with Crippen LogP contribution in [0.2, 0.25) is 0 Å². The molecule has 58 valence electrons. The molecule has 2 rings (SSSR count). The molecule has 1 aromatic rings. The van der Waals surface area contributed by atoms with Crippen molar-refractivity contribution in [1.82, 2.24) is 0 Å². The molecule has 1 aromatic carbocycles. The molecule has 0 radical (unpaired) electrons. The zero-order valence-corrected chi connectivity index (χ0v) is 8.30. The van der Waals surface area contributed by atoms with E-state index in [1.807, 2.05) is 0 Å². The van der Waals surface area contributed by atoms with Gasteiger partial charge in [0.15, 0.2) is 0 Å². The van der Waals surface area contributed by atoms with Crippen LogP contribution in [0, 0.1) is 3.57 Å². The maximum absolute atomic E-state index is 5.37. The Hall–Kier alpha value is -0.0900. The lowest BCUT2D eigenvalue weighted by molar-refractivity contribution is 0.110. The molecule has 1 aliphatic rings. The van der Waals surface area contributed by atoms with E-state index in [1.165, 1.54) is 14.7 Å². The lowest BCUT2D eigenvalue weighted by atomic mass is 10.0. The van der Waals surface area contributed by atoms with Crippen molar-refractivity contribution < 1.29 is 4.74 Å². The highest BCUT2D eigenvalue weighted by molar-refractivity contribution is 14.1. The van der Waals surface area contributed by atoms with Crippen molar-refractivity contribution in [3.05, 3.63) is 32.9 Å². The highest BCUT2D eigenvalue weighted by Gasteiger charge is 2.10. The first-order valence-corrected chi connectivity index (χ1v) is 4.80. The third-order valence-electron chi connectivity index (χ3n) is 1.98. The maximum Gasteiger partial charge on any atom is 0.0729 e. The van der Waals surface area contributed by atoms with Gasteiger partial charge in [-0.15, -0.1) is 0 Å². The van der Waals surface area contributed by atoms with Crippen molar-refractivity contribution >= 4 is 22.6 Å². The van der Waals surface area contributed by atoms with Gasteiger partial charge in [0.2, 0.25) is 0 Å². The van der Waals surface area contributed by atoms with Crippen LogP contribution in [0.3, 0.4) is 0 Å². The van der Waals surface area contributed by atoms with Crippen LogP contribution in [0.1, 0.15) is 11.1 Å². The molecule has 0 saturated heterocycles. The Morgan fingerprint density at radius 3 is 3.09 bits per heavy atom. The van der Waals surface area contributed by atoms with Crippen molar-refractivity contribution in [1.29, 1.82) is 0 Å². The lowest BCUT2D eigenvalue weighted by Gasteiger charge is -2.17. The Bertz CT molecular complexity index is 270. The van der Waals surface area contributed by atoms with E-state index in [1.54, 1.807) is 0 Å². The minimum atomic E-state index is 0.800. The minimum Gasteiger partial charge on any atom is -0.376 e. The predicted octanol–water partition coefficient (Wildman–Crippen LogP) is 2.36. The molecule has 1 nitrogen and oxygen atoms in total. The molecule has 0 bridgehead atoms. The molecule has 0 aliphatic carbocycles. The molecule has 0 saturated carbocycles. The molecule has 0 unspecified atom stereocenters. The standard InChI is InChI=1S/C9H9IO/c10-9-3-1-2-7-4-5-11-6-8(7)9/h1-3H,4-6H2. The summed E-state index contributed by atoms with van der Waals surface area (Å²) < 4.78 is 6.71. The fourth-order valence-electron chi connectivity index (χ4n) is 1.36. The summed E-state index contributed by atoms with van der Waals surface area (Å²) in [4.78, 5) is 0. The largest absolute Gasteiger partial charge is 0.376 e. The van der Waals surface area contributed by atoms with E-state index < -0.39 is 0 Å². The summed E-state index contributed by atoms with van der Waals surface area (Å²) in [5, 5.41) is 0. The monoisotopic (exact) mass is 260 g/mol. The Morgan fingerprint density at radius 1 is 1.36 bits per heavy atom. The number of halogens is 1. The number of ether oxygens (including phenoxy) is 1. The van der Waals surface area contributed by atoms with Crippen LogP contribution >= 0.6 is 22.6 Å². The number of hydrogen-bond donors (Lipinski definition) is 0. The van der Waals surface area contributed by atoms with Crippen LogP contribution in [0.4, 0.5) is 0 Å². The molecule has 0 amide bonds. The molecule has 0 N–H and O–H groups in total. The van der Waals surface area contributed by atoms with E-state index in [9.17, 15) is 0 Å². The number of benzene rings is 1. The van der Waals surface area contributed by atoms with Crippen molar-refractivity contribution in [3.63, 3.8) is 0 Å². The van der Waals surface area contributed by atoms with Gasteiger partial charge in [0, 0.05) is 3.57 Å². The van der Waals surface area contributed by atoms with Crippen molar-refractivity contribution in [2.75, 3.05) is 6.61 Å². The van der Waals surface area contributed by atoms with Gasteiger partial charge in [-0.2, -0.15) is 0 Å². The highest BCUT2D eigenvalue weighted by atomic mass is 127. The quantitative estimate of drug-likeness (QED) is 0.651. The average molecular weight is 260 g/mol. The van der Waals surface area contributed by atoms with E-state index in [0.717, 1.165) is 19.6 Å². The van der Waals surface area contributed by atoms with Gasteiger partial charge in [0.25, 0.3) is 0 Å². The number of hydrogen-bond acceptors (Lipinski definition) is 1. The van der Waals surface area contributed by atoms with Crippen LogP contribution in [0.25, 0.3) is 0 Å². The zero-order valence-electron chi connectivity index (χ0n) is 6.14. The summed E-state index contributed by atoms with van der Waals surface area (Å²) in [5.74, 6) is 0. The molecule has 11 heavy (non-hydrogen) atoms. The third-order valence-corrected chi connectivity index (χ3v) is 2.99. The summed E-state index contributed by atoms with van der Waals surface area (Å²) in [7, 11) is 0. The first-order chi connectivity index (χ1) is 5.38. The van der Waals surface area contributed by atoms with Crippen LogP contribution in [0.15, 0.2) is 18.2 Å². The fourth-order valence-corrected chi connectivity index (χ4v) is 2.07.